The van der Waals surface area contributed by atoms with Gasteiger partial charge in [0.25, 0.3) is 5.91 Å². The van der Waals surface area contributed by atoms with Crippen molar-refractivity contribution < 1.29 is 9.18 Å². The van der Waals surface area contributed by atoms with E-state index in [0.29, 0.717) is 12.1 Å². The standard InChI is InChI=1S/C19H15FN2O.C4H10/c20-14-7-5-13(6-8-14)19(23)22-11-9-16-15-3-1-2-4-17(15)21-18(16)10-12-22;1-3-4-2/h1-8,10,12,21H,9,11H2;3-4H2,1-2H3. The van der Waals surface area contributed by atoms with Gasteiger partial charge in [0.15, 0.2) is 0 Å². The van der Waals surface area contributed by atoms with E-state index in [2.05, 4.69) is 31.0 Å². The van der Waals surface area contributed by atoms with Gasteiger partial charge in [0.05, 0.1) is 0 Å². The lowest BCUT2D eigenvalue weighted by Crippen LogP contribution is -2.27. The van der Waals surface area contributed by atoms with Crippen LogP contribution in [0, 0.1) is 5.82 Å². The summed E-state index contributed by atoms with van der Waals surface area (Å²) < 4.78 is 13.0. The SMILES string of the molecule is CCCC.O=C(c1ccc(F)cc1)N1C=Cc2[nH]c3ccccc3c2CC1. The molecule has 1 aliphatic heterocycles. The van der Waals surface area contributed by atoms with E-state index in [4.69, 9.17) is 0 Å². The first kappa shape index (κ1) is 18.9. The van der Waals surface area contributed by atoms with Crippen LogP contribution in [0.5, 0.6) is 0 Å². The van der Waals surface area contributed by atoms with Gasteiger partial charge in [-0.2, -0.15) is 0 Å². The van der Waals surface area contributed by atoms with Crippen molar-refractivity contribution in [1.29, 1.82) is 0 Å². The molecule has 1 N–H and O–H groups in total. The van der Waals surface area contributed by atoms with Crippen LogP contribution in [0.1, 0.15) is 48.3 Å². The minimum absolute atomic E-state index is 0.115. The number of benzene rings is 2. The number of carbonyl (C=O) groups excluding carboxylic acids is 1. The summed E-state index contributed by atoms with van der Waals surface area (Å²) >= 11 is 0. The summed E-state index contributed by atoms with van der Waals surface area (Å²) in [6, 6.07) is 13.8. The third-order valence-corrected chi connectivity index (χ3v) is 4.72. The fraction of sp³-hybridized carbons (Fsp3) is 0.261. The normalized spacial score (nSPS) is 12.9. The average molecular weight is 364 g/mol. The number of carbonyl (C=O) groups is 1. The van der Waals surface area contributed by atoms with Crippen LogP contribution < -0.4 is 0 Å². The molecule has 3 aromatic rings. The molecule has 4 heteroatoms. The Morgan fingerprint density at radius 3 is 2.48 bits per heavy atom. The monoisotopic (exact) mass is 364 g/mol. The Hall–Kier alpha value is -2.88. The molecule has 3 nitrogen and oxygen atoms in total. The lowest BCUT2D eigenvalue weighted by molar-refractivity contribution is 0.0825. The van der Waals surface area contributed by atoms with Crippen molar-refractivity contribution in [1.82, 2.24) is 9.88 Å². The highest BCUT2D eigenvalue weighted by Gasteiger charge is 2.18. The maximum atomic E-state index is 13.0. The first-order valence-electron chi connectivity index (χ1n) is 9.48. The first-order chi connectivity index (χ1) is 13.1. The molecule has 1 aromatic heterocycles. The molecule has 27 heavy (non-hydrogen) atoms. The molecule has 1 aliphatic rings. The van der Waals surface area contributed by atoms with Gasteiger partial charge in [0, 0.05) is 34.9 Å². The molecule has 1 amide bonds. The van der Waals surface area contributed by atoms with Crippen LogP contribution in [0.4, 0.5) is 4.39 Å². The maximum Gasteiger partial charge on any atom is 0.257 e. The third-order valence-electron chi connectivity index (χ3n) is 4.72. The van der Waals surface area contributed by atoms with Crippen molar-refractivity contribution in [2.24, 2.45) is 0 Å². The minimum atomic E-state index is -0.339. The van der Waals surface area contributed by atoms with Crippen molar-refractivity contribution in [2.75, 3.05) is 6.54 Å². The molecule has 0 unspecified atom stereocenters. The van der Waals surface area contributed by atoms with E-state index < -0.39 is 0 Å². The van der Waals surface area contributed by atoms with Gasteiger partial charge in [-0.1, -0.05) is 44.9 Å². The Morgan fingerprint density at radius 1 is 1.07 bits per heavy atom. The molecule has 0 fully saturated rings. The van der Waals surface area contributed by atoms with E-state index in [1.54, 1.807) is 11.1 Å². The second kappa shape index (κ2) is 8.67. The van der Waals surface area contributed by atoms with Crippen LogP contribution in [0.15, 0.2) is 54.7 Å². The lowest BCUT2D eigenvalue weighted by Gasteiger charge is -2.17. The Kier molecular flexibility index (Phi) is 6.07. The summed E-state index contributed by atoms with van der Waals surface area (Å²) in [6.07, 6.45) is 7.15. The zero-order valence-corrected chi connectivity index (χ0v) is 15.8. The number of nitrogens with zero attached hydrogens (tertiary/aromatic N) is 1. The average Bonchev–Trinajstić information content (AvgIpc) is 2.92. The number of hydrogen-bond acceptors (Lipinski definition) is 1. The van der Waals surface area contributed by atoms with Crippen molar-refractivity contribution in [2.45, 2.75) is 33.1 Å². The van der Waals surface area contributed by atoms with E-state index in [1.807, 2.05) is 18.2 Å². The summed E-state index contributed by atoms with van der Waals surface area (Å²) in [7, 11) is 0. The van der Waals surface area contributed by atoms with Gasteiger partial charge in [0.1, 0.15) is 5.82 Å². The predicted octanol–water partition coefficient (Wildman–Crippen LogP) is 5.78. The van der Waals surface area contributed by atoms with E-state index in [1.165, 1.54) is 48.1 Å². The Balaban J connectivity index is 0.000000481. The minimum Gasteiger partial charge on any atom is -0.355 e. The summed E-state index contributed by atoms with van der Waals surface area (Å²) in [6.45, 7) is 4.96. The van der Waals surface area contributed by atoms with Crippen LogP contribution in [0.2, 0.25) is 0 Å². The Morgan fingerprint density at radius 2 is 1.78 bits per heavy atom. The van der Waals surface area contributed by atoms with E-state index >= 15 is 0 Å². The number of nitrogens with one attached hydrogen (secondary N) is 1. The molecule has 0 saturated carbocycles. The number of amides is 1. The summed E-state index contributed by atoms with van der Waals surface area (Å²) in [5.41, 5.74) is 3.87. The van der Waals surface area contributed by atoms with Crippen LogP contribution in [0.25, 0.3) is 17.0 Å². The molecular formula is C23H25FN2O. The Labute approximate surface area is 159 Å². The number of H-pyrrole nitrogens is 1. The van der Waals surface area contributed by atoms with Gasteiger partial charge in [-0.15, -0.1) is 0 Å². The fourth-order valence-electron chi connectivity index (χ4n) is 3.03. The molecule has 4 rings (SSSR count). The molecule has 140 valence electrons. The highest BCUT2D eigenvalue weighted by Crippen LogP contribution is 2.26. The van der Waals surface area contributed by atoms with Crippen LogP contribution in [-0.2, 0) is 6.42 Å². The summed E-state index contributed by atoms with van der Waals surface area (Å²) in [5, 5.41) is 1.20. The van der Waals surface area contributed by atoms with Gasteiger partial charge >= 0.3 is 0 Å². The number of halogens is 1. The number of rotatable bonds is 2. The van der Waals surface area contributed by atoms with Gasteiger partial charge in [0.2, 0.25) is 0 Å². The zero-order chi connectivity index (χ0) is 19.2. The second-order valence-corrected chi connectivity index (χ2v) is 6.63. The highest BCUT2D eigenvalue weighted by molar-refractivity contribution is 5.96. The number of unbranched alkanes of at least 4 members (excludes halogenated alkanes) is 1. The zero-order valence-electron chi connectivity index (χ0n) is 15.8. The van der Waals surface area contributed by atoms with E-state index in [0.717, 1.165) is 17.6 Å². The summed E-state index contributed by atoms with van der Waals surface area (Å²) in [4.78, 5) is 17.6. The van der Waals surface area contributed by atoms with Crippen molar-refractivity contribution in [3.63, 3.8) is 0 Å². The fourth-order valence-corrected chi connectivity index (χ4v) is 3.03. The lowest BCUT2D eigenvalue weighted by atomic mass is 10.1. The first-order valence-corrected chi connectivity index (χ1v) is 9.48. The molecule has 0 atom stereocenters. The van der Waals surface area contributed by atoms with Gasteiger partial charge in [-0.05, 0) is 48.4 Å². The molecule has 0 aliphatic carbocycles. The number of aromatic amines is 1. The predicted molar refractivity (Wildman–Crippen MR) is 109 cm³/mol. The number of fused-ring (bicyclic) bond motifs is 3. The van der Waals surface area contributed by atoms with Gasteiger partial charge in [-0.3, -0.25) is 4.79 Å². The number of para-hydroxylation sites is 1. The van der Waals surface area contributed by atoms with Crippen molar-refractivity contribution in [3.8, 4) is 0 Å². The third kappa shape index (κ3) is 4.27. The van der Waals surface area contributed by atoms with Crippen LogP contribution in [0.3, 0.4) is 0 Å². The molecule has 2 heterocycles. The topological polar surface area (TPSA) is 36.1 Å². The van der Waals surface area contributed by atoms with Crippen LogP contribution >= 0.6 is 0 Å². The van der Waals surface area contributed by atoms with E-state index in [9.17, 15) is 9.18 Å². The second-order valence-electron chi connectivity index (χ2n) is 6.63. The number of aromatic nitrogens is 1. The number of hydrogen-bond donors (Lipinski definition) is 1. The molecular weight excluding hydrogens is 339 g/mol. The summed E-state index contributed by atoms with van der Waals surface area (Å²) in [5.74, 6) is -0.454. The van der Waals surface area contributed by atoms with E-state index in [-0.39, 0.29) is 11.7 Å². The quantitative estimate of drug-likeness (QED) is 0.614. The molecule has 0 saturated heterocycles. The van der Waals surface area contributed by atoms with Crippen molar-refractivity contribution in [3.05, 3.63) is 77.4 Å². The molecule has 0 bridgehead atoms. The largest absolute Gasteiger partial charge is 0.355 e. The molecule has 0 radical (unpaired) electrons. The van der Waals surface area contributed by atoms with Crippen molar-refractivity contribution >= 4 is 22.9 Å². The smallest absolute Gasteiger partial charge is 0.257 e. The van der Waals surface area contributed by atoms with Gasteiger partial charge in [-0.25, -0.2) is 4.39 Å². The highest BCUT2D eigenvalue weighted by atomic mass is 19.1. The molecule has 2 aromatic carbocycles. The van der Waals surface area contributed by atoms with Crippen LogP contribution in [-0.4, -0.2) is 22.3 Å². The molecule has 0 spiro atoms. The maximum absolute atomic E-state index is 13.0. The Bertz CT molecular complexity index is 939. The van der Waals surface area contributed by atoms with Gasteiger partial charge < -0.3 is 9.88 Å².